The molecule has 0 saturated heterocycles. The Bertz CT molecular complexity index is 686. The summed E-state index contributed by atoms with van der Waals surface area (Å²) in [4.78, 5) is 13.6. The van der Waals surface area contributed by atoms with Gasteiger partial charge in [0.05, 0.1) is 15.5 Å². The SMILES string of the molecule is O.O=[N+]([O-])c1ccc(S(=O)(=O)Nc2ccncc2)cc1. The predicted octanol–water partition coefficient (Wildman–Crippen LogP) is 0.966. The van der Waals surface area contributed by atoms with Crippen molar-refractivity contribution in [3.63, 3.8) is 0 Å². The van der Waals surface area contributed by atoms with Gasteiger partial charge in [0.25, 0.3) is 15.7 Å². The number of hydrogen-bond acceptors (Lipinski definition) is 5. The van der Waals surface area contributed by atoms with Crippen LogP contribution in [0.2, 0.25) is 0 Å². The van der Waals surface area contributed by atoms with Crippen molar-refractivity contribution < 1.29 is 18.8 Å². The third kappa shape index (κ3) is 3.49. The molecule has 0 aliphatic rings. The second-order valence-electron chi connectivity index (χ2n) is 3.59. The highest BCUT2D eigenvalue weighted by Crippen LogP contribution is 2.18. The highest BCUT2D eigenvalue weighted by atomic mass is 32.2. The van der Waals surface area contributed by atoms with Crippen LogP contribution in [0.4, 0.5) is 11.4 Å². The quantitative estimate of drug-likeness (QED) is 0.662. The van der Waals surface area contributed by atoms with E-state index >= 15 is 0 Å². The van der Waals surface area contributed by atoms with Crippen molar-refractivity contribution in [2.75, 3.05) is 4.72 Å². The van der Waals surface area contributed by atoms with Crippen LogP contribution in [0, 0.1) is 10.1 Å². The van der Waals surface area contributed by atoms with Crippen molar-refractivity contribution in [1.29, 1.82) is 0 Å². The number of nitrogens with zero attached hydrogens (tertiary/aromatic N) is 2. The molecule has 0 spiro atoms. The van der Waals surface area contributed by atoms with Crippen molar-refractivity contribution in [3.8, 4) is 0 Å². The molecule has 2 aromatic rings. The van der Waals surface area contributed by atoms with Gasteiger partial charge in [-0.25, -0.2) is 8.42 Å². The first-order chi connectivity index (χ1) is 8.99. The van der Waals surface area contributed by atoms with Gasteiger partial charge in [-0.3, -0.25) is 19.8 Å². The summed E-state index contributed by atoms with van der Waals surface area (Å²) in [6, 6.07) is 7.65. The Morgan fingerprint density at radius 3 is 2.10 bits per heavy atom. The molecule has 20 heavy (non-hydrogen) atoms. The molecule has 106 valence electrons. The Hall–Kier alpha value is -2.52. The van der Waals surface area contributed by atoms with E-state index in [1.165, 1.54) is 36.7 Å². The molecule has 9 heteroatoms. The van der Waals surface area contributed by atoms with Gasteiger partial charge in [0.15, 0.2) is 0 Å². The van der Waals surface area contributed by atoms with Gasteiger partial charge in [0.2, 0.25) is 0 Å². The average Bonchev–Trinajstić information content (AvgIpc) is 2.39. The lowest BCUT2D eigenvalue weighted by atomic mass is 10.3. The maximum Gasteiger partial charge on any atom is 0.269 e. The topological polar surface area (TPSA) is 134 Å². The maximum absolute atomic E-state index is 12.0. The largest absolute Gasteiger partial charge is 0.412 e. The highest BCUT2D eigenvalue weighted by molar-refractivity contribution is 7.92. The van der Waals surface area contributed by atoms with Gasteiger partial charge in [-0.2, -0.15) is 0 Å². The average molecular weight is 297 g/mol. The minimum atomic E-state index is -3.76. The normalized spacial score (nSPS) is 10.4. The van der Waals surface area contributed by atoms with Crippen molar-refractivity contribution in [2.45, 2.75) is 4.90 Å². The number of hydrogen-bond donors (Lipinski definition) is 1. The van der Waals surface area contributed by atoms with Crippen LogP contribution >= 0.6 is 0 Å². The first-order valence-electron chi connectivity index (χ1n) is 5.16. The van der Waals surface area contributed by atoms with Crippen LogP contribution in [-0.4, -0.2) is 23.8 Å². The first kappa shape index (κ1) is 15.5. The summed E-state index contributed by atoms with van der Waals surface area (Å²) in [7, 11) is -3.76. The number of benzene rings is 1. The van der Waals surface area contributed by atoms with E-state index in [1.807, 2.05) is 0 Å². The number of nitro benzene ring substituents is 1. The summed E-state index contributed by atoms with van der Waals surface area (Å²) in [5, 5.41) is 10.5. The lowest BCUT2D eigenvalue weighted by molar-refractivity contribution is -0.384. The van der Waals surface area contributed by atoms with E-state index in [0.29, 0.717) is 5.69 Å². The number of aromatic nitrogens is 1. The van der Waals surface area contributed by atoms with E-state index in [4.69, 9.17) is 0 Å². The molecule has 1 aromatic carbocycles. The number of non-ortho nitro benzene ring substituents is 1. The lowest BCUT2D eigenvalue weighted by Gasteiger charge is -2.07. The van der Waals surface area contributed by atoms with E-state index in [-0.39, 0.29) is 16.1 Å². The van der Waals surface area contributed by atoms with Crippen LogP contribution in [0.3, 0.4) is 0 Å². The molecule has 2 rings (SSSR count). The molecule has 0 aliphatic carbocycles. The summed E-state index contributed by atoms with van der Waals surface area (Å²) >= 11 is 0. The molecule has 1 heterocycles. The zero-order chi connectivity index (χ0) is 13.9. The lowest BCUT2D eigenvalue weighted by Crippen LogP contribution is -2.12. The molecule has 0 amide bonds. The van der Waals surface area contributed by atoms with E-state index < -0.39 is 14.9 Å². The molecule has 0 aliphatic heterocycles. The second kappa shape index (κ2) is 6.08. The standard InChI is InChI=1S/C11H9N3O4S.H2O/c15-14(16)10-1-3-11(4-2-10)19(17,18)13-9-5-7-12-8-6-9;/h1-8H,(H,12,13);1H2. The molecule has 0 fully saturated rings. The van der Waals surface area contributed by atoms with Crippen LogP contribution in [0.5, 0.6) is 0 Å². The zero-order valence-electron chi connectivity index (χ0n) is 10.1. The van der Waals surface area contributed by atoms with Crippen LogP contribution in [0.25, 0.3) is 0 Å². The van der Waals surface area contributed by atoms with Gasteiger partial charge in [0, 0.05) is 24.5 Å². The monoisotopic (exact) mass is 297 g/mol. The molecule has 1 aromatic heterocycles. The molecule has 0 atom stereocenters. The Labute approximate surface area is 114 Å². The molecule has 0 bridgehead atoms. The van der Waals surface area contributed by atoms with Crippen molar-refractivity contribution in [2.24, 2.45) is 0 Å². The molecular formula is C11H11N3O5S. The molecule has 8 nitrogen and oxygen atoms in total. The fourth-order valence-corrected chi connectivity index (χ4v) is 2.44. The summed E-state index contributed by atoms with van der Waals surface area (Å²) in [6.45, 7) is 0. The third-order valence-electron chi connectivity index (χ3n) is 2.29. The number of pyridine rings is 1. The Balaban J connectivity index is 0.00000200. The molecule has 0 unspecified atom stereocenters. The Morgan fingerprint density at radius 1 is 1.05 bits per heavy atom. The Morgan fingerprint density at radius 2 is 1.60 bits per heavy atom. The second-order valence-corrected chi connectivity index (χ2v) is 5.27. The zero-order valence-corrected chi connectivity index (χ0v) is 10.9. The molecule has 0 saturated carbocycles. The molecule has 3 N–H and O–H groups in total. The summed E-state index contributed by atoms with van der Waals surface area (Å²) in [5.41, 5.74) is 0.205. The minimum Gasteiger partial charge on any atom is -0.412 e. The predicted molar refractivity (Wildman–Crippen MR) is 71.8 cm³/mol. The van der Waals surface area contributed by atoms with Crippen molar-refractivity contribution >= 4 is 21.4 Å². The molecular weight excluding hydrogens is 286 g/mol. The van der Waals surface area contributed by atoms with Gasteiger partial charge in [-0.05, 0) is 24.3 Å². The van der Waals surface area contributed by atoms with Gasteiger partial charge in [-0.1, -0.05) is 0 Å². The summed E-state index contributed by atoms with van der Waals surface area (Å²) in [6.07, 6.45) is 2.90. The number of nitrogens with one attached hydrogen (secondary N) is 1. The summed E-state index contributed by atoms with van der Waals surface area (Å²) < 4.78 is 26.3. The molecule has 0 radical (unpaired) electrons. The van der Waals surface area contributed by atoms with Crippen LogP contribution in [0.15, 0.2) is 53.7 Å². The van der Waals surface area contributed by atoms with E-state index in [9.17, 15) is 18.5 Å². The maximum atomic E-state index is 12.0. The van der Waals surface area contributed by atoms with E-state index in [2.05, 4.69) is 9.71 Å². The fourth-order valence-electron chi connectivity index (χ4n) is 1.38. The van der Waals surface area contributed by atoms with E-state index in [0.717, 1.165) is 12.1 Å². The first-order valence-corrected chi connectivity index (χ1v) is 6.65. The summed E-state index contributed by atoms with van der Waals surface area (Å²) in [5.74, 6) is 0. The van der Waals surface area contributed by atoms with Crippen molar-refractivity contribution in [1.82, 2.24) is 4.98 Å². The van der Waals surface area contributed by atoms with Crippen molar-refractivity contribution in [3.05, 3.63) is 58.9 Å². The van der Waals surface area contributed by atoms with Gasteiger partial charge in [0.1, 0.15) is 0 Å². The van der Waals surface area contributed by atoms with Gasteiger partial charge in [-0.15, -0.1) is 0 Å². The Kier molecular flexibility index (Phi) is 4.73. The van der Waals surface area contributed by atoms with E-state index in [1.54, 1.807) is 0 Å². The van der Waals surface area contributed by atoms with Gasteiger partial charge >= 0.3 is 0 Å². The number of rotatable bonds is 4. The number of sulfonamides is 1. The van der Waals surface area contributed by atoms with Crippen LogP contribution in [0.1, 0.15) is 0 Å². The van der Waals surface area contributed by atoms with Gasteiger partial charge < -0.3 is 5.48 Å². The minimum absolute atomic E-state index is 0. The van der Waals surface area contributed by atoms with Crippen LogP contribution in [-0.2, 0) is 10.0 Å². The highest BCUT2D eigenvalue weighted by Gasteiger charge is 2.15. The van der Waals surface area contributed by atoms with Crippen LogP contribution < -0.4 is 4.72 Å². The number of nitro groups is 1. The number of anilines is 1. The third-order valence-corrected chi connectivity index (χ3v) is 3.69. The smallest absolute Gasteiger partial charge is 0.269 e. The fraction of sp³-hybridized carbons (Fsp3) is 0.